The van der Waals surface area contributed by atoms with Crippen LogP contribution in [0.25, 0.3) is 0 Å². The van der Waals surface area contributed by atoms with Crippen molar-refractivity contribution in [3.05, 3.63) is 0 Å². The predicted molar refractivity (Wildman–Crippen MR) is 80.5 cm³/mol. The van der Waals surface area contributed by atoms with E-state index in [-0.39, 0.29) is 24.2 Å². The van der Waals surface area contributed by atoms with Crippen LogP contribution in [0.5, 0.6) is 0 Å². The number of aliphatic hydroxyl groups excluding tert-OH is 1. The van der Waals surface area contributed by atoms with Crippen LogP contribution >= 0.6 is 0 Å². The Morgan fingerprint density at radius 3 is 2.67 bits per heavy atom. The molecule has 134 valence electrons. The zero-order valence-electron chi connectivity index (χ0n) is 14.0. The van der Waals surface area contributed by atoms with E-state index in [1.807, 2.05) is 0 Å². The Kier molecular flexibility index (Phi) is 4.80. The summed E-state index contributed by atoms with van der Waals surface area (Å²) in [5.74, 6) is -1.19. The maximum absolute atomic E-state index is 12.4. The highest BCUT2D eigenvalue weighted by molar-refractivity contribution is 5.81. The van der Waals surface area contributed by atoms with Gasteiger partial charge in [-0.3, -0.25) is 4.79 Å². The second-order valence-corrected chi connectivity index (χ2v) is 7.15. The van der Waals surface area contributed by atoms with Gasteiger partial charge in [0.1, 0.15) is 18.3 Å². The van der Waals surface area contributed by atoms with E-state index in [1.54, 1.807) is 6.92 Å². The van der Waals surface area contributed by atoms with Crippen LogP contribution in [0.4, 0.5) is 0 Å². The average molecular weight is 340 g/mol. The maximum atomic E-state index is 12.4. The molecular weight excluding hydrogens is 316 g/mol. The van der Waals surface area contributed by atoms with Gasteiger partial charge in [-0.15, -0.1) is 0 Å². The van der Waals surface area contributed by atoms with Gasteiger partial charge in [0, 0.05) is 5.92 Å². The van der Waals surface area contributed by atoms with Crippen LogP contribution in [0.3, 0.4) is 0 Å². The molecule has 2 saturated heterocycles. The largest absolute Gasteiger partial charge is 0.458 e. The lowest BCUT2D eigenvalue weighted by Crippen LogP contribution is -2.47. The smallest absolute Gasteiger partial charge is 0.347 e. The molecule has 2 aliphatic heterocycles. The number of hydrogen-bond donors (Lipinski definition) is 1. The second kappa shape index (κ2) is 6.70. The molecule has 4 bridgehead atoms. The molecule has 0 spiro atoms. The molecule has 7 nitrogen and oxygen atoms in total. The number of esters is 3. The van der Waals surface area contributed by atoms with Gasteiger partial charge < -0.3 is 19.3 Å². The van der Waals surface area contributed by atoms with Crippen LogP contribution in [-0.2, 0) is 28.6 Å². The monoisotopic (exact) mass is 340 g/mol. The Morgan fingerprint density at radius 1 is 1.25 bits per heavy atom. The van der Waals surface area contributed by atoms with E-state index in [1.165, 1.54) is 6.92 Å². The molecule has 0 radical (unpaired) electrons. The van der Waals surface area contributed by atoms with E-state index < -0.39 is 36.4 Å². The molecule has 2 saturated carbocycles. The van der Waals surface area contributed by atoms with E-state index in [9.17, 15) is 19.5 Å². The molecule has 0 aromatic rings. The van der Waals surface area contributed by atoms with E-state index in [0.29, 0.717) is 12.3 Å². The summed E-state index contributed by atoms with van der Waals surface area (Å²) in [6, 6.07) is 0. The van der Waals surface area contributed by atoms with Gasteiger partial charge in [0.25, 0.3) is 0 Å². The molecule has 2 heterocycles. The highest BCUT2D eigenvalue weighted by Crippen LogP contribution is 2.48. The zero-order valence-corrected chi connectivity index (χ0v) is 14.0. The Balaban J connectivity index is 1.67. The summed E-state index contributed by atoms with van der Waals surface area (Å²) in [6.45, 7) is 2.98. The first-order valence-corrected chi connectivity index (χ1v) is 8.68. The van der Waals surface area contributed by atoms with Gasteiger partial charge >= 0.3 is 17.9 Å². The Hall–Kier alpha value is -1.63. The Labute approximate surface area is 140 Å². The first kappa shape index (κ1) is 17.2. The first-order chi connectivity index (χ1) is 11.4. The molecule has 7 unspecified atom stereocenters. The van der Waals surface area contributed by atoms with Crippen molar-refractivity contribution in [3.8, 4) is 0 Å². The van der Waals surface area contributed by atoms with Crippen LogP contribution < -0.4 is 0 Å². The number of hydrogen-bond acceptors (Lipinski definition) is 7. The van der Waals surface area contributed by atoms with Crippen molar-refractivity contribution in [2.24, 2.45) is 17.8 Å². The summed E-state index contributed by atoms with van der Waals surface area (Å²) < 4.78 is 16.1. The highest BCUT2D eigenvalue weighted by Gasteiger charge is 2.52. The van der Waals surface area contributed by atoms with Crippen LogP contribution in [0.2, 0.25) is 0 Å². The first-order valence-electron chi connectivity index (χ1n) is 8.68. The number of ether oxygens (including phenoxy) is 3. The van der Waals surface area contributed by atoms with Gasteiger partial charge in [-0.1, -0.05) is 6.92 Å². The van der Waals surface area contributed by atoms with Crippen LogP contribution in [-0.4, -0.2) is 47.4 Å². The summed E-state index contributed by atoms with van der Waals surface area (Å²) in [6.07, 6.45) is 0.254. The molecule has 0 aromatic heterocycles. The summed E-state index contributed by atoms with van der Waals surface area (Å²) in [5, 5.41) is 9.22. The molecule has 24 heavy (non-hydrogen) atoms. The number of carbonyl (C=O) groups excluding carboxylic acids is 3. The third-order valence-corrected chi connectivity index (χ3v) is 5.32. The number of carbonyl (C=O) groups is 3. The molecule has 2 aliphatic carbocycles. The van der Waals surface area contributed by atoms with Crippen LogP contribution in [0, 0.1) is 17.8 Å². The lowest BCUT2D eigenvalue weighted by Gasteiger charge is -2.41. The van der Waals surface area contributed by atoms with Crippen LogP contribution in [0.1, 0.15) is 46.0 Å². The van der Waals surface area contributed by atoms with Gasteiger partial charge in [0.15, 0.2) is 6.10 Å². The van der Waals surface area contributed by atoms with Gasteiger partial charge in [-0.2, -0.15) is 0 Å². The lowest BCUT2D eigenvalue weighted by atomic mass is 9.67. The van der Waals surface area contributed by atoms with Gasteiger partial charge in [-0.05, 0) is 44.9 Å². The van der Waals surface area contributed by atoms with Gasteiger partial charge in [-0.25, -0.2) is 9.59 Å². The highest BCUT2D eigenvalue weighted by atomic mass is 16.6. The van der Waals surface area contributed by atoms with E-state index >= 15 is 0 Å². The molecule has 7 heteroatoms. The van der Waals surface area contributed by atoms with E-state index in [0.717, 1.165) is 19.3 Å². The molecular formula is C17H24O7. The van der Waals surface area contributed by atoms with Crippen molar-refractivity contribution < 1.29 is 33.7 Å². The van der Waals surface area contributed by atoms with Crippen molar-refractivity contribution in [1.29, 1.82) is 0 Å². The number of rotatable bonds is 5. The van der Waals surface area contributed by atoms with Crippen molar-refractivity contribution in [1.82, 2.24) is 0 Å². The average Bonchev–Trinajstić information content (AvgIpc) is 2.69. The van der Waals surface area contributed by atoms with Gasteiger partial charge in [0.2, 0.25) is 0 Å². The number of fused-ring (bicyclic) bond motifs is 1. The second-order valence-electron chi connectivity index (χ2n) is 7.15. The van der Waals surface area contributed by atoms with Crippen LogP contribution in [0.15, 0.2) is 0 Å². The van der Waals surface area contributed by atoms with Crippen molar-refractivity contribution in [3.63, 3.8) is 0 Å². The fourth-order valence-electron chi connectivity index (χ4n) is 4.18. The standard InChI is InChI=1S/C17H24O7/c1-3-12(22-15(19)8(2)18)17(21)24-14-10-4-9-5-11(7-10)16(20)23-13(14)6-9/h8-14,18H,3-7H2,1-2H3. The summed E-state index contributed by atoms with van der Waals surface area (Å²) in [5.41, 5.74) is 0. The van der Waals surface area contributed by atoms with E-state index in [4.69, 9.17) is 14.2 Å². The lowest BCUT2D eigenvalue weighted by molar-refractivity contribution is -0.187. The minimum atomic E-state index is -1.29. The molecule has 7 atom stereocenters. The quantitative estimate of drug-likeness (QED) is 0.588. The third-order valence-electron chi connectivity index (χ3n) is 5.32. The zero-order chi connectivity index (χ0) is 17.4. The number of aliphatic hydroxyl groups is 1. The molecule has 4 fully saturated rings. The molecule has 1 N–H and O–H groups in total. The normalized spacial score (nSPS) is 36.5. The fourth-order valence-corrected chi connectivity index (χ4v) is 4.18. The summed E-state index contributed by atoms with van der Waals surface area (Å²) in [4.78, 5) is 35.9. The van der Waals surface area contributed by atoms with Crippen molar-refractivity contribution >= 4 is 17.9 Å². The fraction of sp³-hybridized carbons (Fsp3) is 0.824. The maximum Gasteiger partial charge on any atom is 0.347 e. The van der Waals surface area contributed by atoms with Crippen molar-refractivity contribution in [2.45, 2.75) is 70.4 Å². The third kappa shape index (κ3) is 3.27. The Bertz CT molecular complexity index is 529. The molecule has 4 aliphatic rings. The minimum Gasteiger partial charge on any atom is -0.458 e. The van der Waals surface area contributed by atoms with Crippen molar-refractivity contribution in [2.75, 3.05) is 0 Å². The molecule has 0 aromatic carbocycles. The summed E-state index contributed by atoms with van der Waals surface area (Å²) >= 11 is 0. The summed E-state index contributed by atoms with van der Waals surface area (Å²) in [7, 11) is 0. The Morgan fingerprint density at radius 2 is 2.00 bits per heavy atom. The van der Waals surface area contributed by atoms with Gasteiger partial charge in [0.05, 0.1) is 5.92 Å². The topological polar surface area (TPSA) is 99.1 Å². The minimum absolute atomic E-state index is 0.0857. The van der Waals surface area contributed by atoms with E-state index in [2.05, 4.69) is 0 Å². The molecule has 4 rings (SSSR count). The SMILES string of the molecule is CCC(OC(=O)C(C)O)C(=O)OC1C2CC3CC(C2)C(=O)OC1C3. The predicted octanol–water partition coefficient (Wildman–Crippen LogP) is 0.962. The molecule has 0 amide bonds.